The molecule has 9 heteroatoms. The van der Waals surface area contributed by atoms with E-state index in [-0.39, 0.29) is 36.7 Å². The monoisotopic (exact) mass is 416 g/mol. The molecular formula is C21H28N4O5. The van der Waals surface area contributed by atoms with E-state index in [1.165, 1.54) is 4.90 Å². The lowest BCUT2D eigenvalue weighted by Gasteiger charge is -2.30. The Morgan fingerprint density at radius 2 is 2.03 bits per heavy atom. The molecule has 1 unspecified atom stereocenters. The van der Waals surface area contributed by atoms with E-state index >= 15 is 0 Å². The zero-order valence-corrected chi connectivity index (χ0v) is 17.0. The minimum Gasteiger partial charge on any atom is -0.467 e. The lowest BCUT2D eigenvalue weighted by atomic mass is 9.82. The maximum atomic E-state index is 12.7. The fourth-order valence-electron chi connectivity index (χ4n) is 4.66. The van der Waals surface area contributed by atoms with Gasteiger partial charge in [-0.05, 0) is 31.4 Å². The maximum Gasteiger partial charge on any atom is 0.325 e. The predicted octanol–water partition coefficient (Wildman–Crippen LogP) is 1.39. The SMILES string of the molecule is O=C(NCCCN1C(=O)NC2(CCCCC2)C1=O)C1CC(=O)N(Cc2ccco2)C1. The van der Waals surface area contributed by atoms with E-state index in [4.69, 9.17) is 4.42 Å². The number of nitrogens with zero attached hydrogens (tertiary/aromatic N) is 2. The van der Waals surface area contributed by atoms with Gasteiger partial charge in [0.2, 0.25) is 11.8 Å². The Balaban J connectivity index is 1.20. The Bertz CT molecular complexity index is 815. The first-order chi connectivity index (χ1) is 14.5. The number of amides is 5. The van der Waals surface area contributed by atoms with Crippen LogP contribution in [0, 0.1) is 5.92 Å². The van der Waals surface area contributed by atoms with Gasteiger partial charge >= 0.3 is 6.03 Å². The number of furan rings is 1. The average molecular weight is 416 g/mol. The molecule has 2 aliphatic heterocycles. The quantitative estimate of drug-likeness (QED) is 0.515. The van der Waals surface area contributed by atoms with Crippen molar-refractivity contribution in [3.8, 4) is 0 Å². The van der Waals surface area contributed by atoms with Crippen LogP contribution in [0.25, 0.3) is 0 Å². The summed E-state index contributed by atoms with van der Waals surface area (Å²) in [6.07, 6.45) is 6.63. The number of hydrogen-bond acceptors (Lipinski definition) is 5. The molecule has 1 aliphatic carbocycles. The molecule has 0 aromatic carbocycles. The summed E-state index contributed by atoms with van der Waals surface area (Å²) in [6.45, 7) is 1.36. The van der Waals surface area contributed by atoms with Crippen molar-refractivity contribution >= 4 is 23.8 Å². The van der Waals surface area contributed by atoms with Crippen LogP contribution in [0.5, 0.6) is 0 Å². The minimum absolute atomic E-state index is 0.0661. The molecule has 162 valence electrons. The van der Waals surface area contributed by atoms with Crippen molar-refractivity contribution in [3.63, 3.8) is 0 Å². The van der Waals surface area contributed by atoms with Gasteiger partial charge in [-0.1, -0.05) is 19.3 Å². The molecule has 1 spiro atoms. The lowest BCUT2D eigenvalue weighted by Crippen LogP contribution is -2.48. The molecule has 3 fully saturated rings. The number of hydrogen-bond donors (Lipinski definition) is 2. The van der Waals surface area contributed by atoms with E-state index in [9.17, 15) is 19.2 Å². The third-order valence-electron chi connectivity index (χ3n) is 6.32. The van der Waals surface area contributed by atoms with Gasteiger partial charge in [0, 0.05) is 26.1 Å². The Kier molecular flexibility index (Phi) is 5.78. The third-order valence-corrected chi connectivity index (χ3v) is 6.32. The Hall–Kier alpha value is -2.84. The zero-order valence-electron chi connectivity index (χ0n) is 17.0. The fourth-order valence-corrected chi connectivity index (χ4v) is 4.66. The van der Waals surface area contributed by atoms with Crippen molar-refractivity contribution in [1.82, 2.24) is 20.4 Å². The molecule has 0 radical (unpaired) electrons. The van der Waals surface area contributed by atoms with Crippen LogP contribution >= 0.6 is 0 Å². The van der Waals surface area contributed by atoms with E-state index in [0.717, 1.165) is 19.3 Å². The van der Waals surface area contributed by atoms with E-state index in [0.29, 0.717) is 44.7 Å². The van der Waals surface area contributed by atoms with Gasteiger partial charge in [-0.3, -0.25) is 19.3 Å². The van der Waals surface area contributed by atoms with E-state index in [1.807, 2.05) is 0 Å². The average Bonchev–Trinajstić information content (AvgIpc) is 3.42. The molecule has 4 rings (SSSR count). The molecule has 1 aromatic rings. The zero-order chi connectivity index (χ0) is 21.1. The first-order valence-corrected chi connectivity index (χ1v) is 10.7. The maximum absolute atomic E-state index is 12.7. The molecule has 9 nitrogen and oxygen atoms in total. The number of carbonyl (C=O) groups excluding carboxylic acids is 4. The second-order valence-corrected chi connectivity index (χ2v) is 8.43. The van der Waals surface area contributed by atoms with E-state index in [1.54, 1.807) is 23.3 Å². The molecule has 1 saturated carbocycles. The second-order valence-electron chi connectivity index (χ2n) is 8.43. The summed E-state index contributed by atoms with van der Waals surface area (Å²) in [5.41, 5.74) is -0.708. The van der Waals surface area contributed by atoms with Crippen LogP contribution < -0.4 is 10.6 Å². The normalized spacial score (nSPS) is 23.3. The van der Waals surface area contributed by atoms with Crippen LogP contribution in [-0.4, -0.2) is 58.7 Å². The smallest absolute Gasteiger partial charge is 0.325 e. The largest absolute Gasteiger partial charge is 0.467 e. The Morgan fingerprint density at radius 1 is 1.23 bits per heavy atom. The number of carbonyl (C=O) groups is 4. The van der Waals surface area contributed by atoms with Crippen LogP contribution in [0.15, 0.2) is 22.8 Å². The molecule has 1 aromatic heterocycles. The number of imide groups is 1. The predicted molar refractivity (Wildman–Crippen MR) is 106 cm³/mol. The molecular weight excluding hydrogens is 388 g/mol. The highest BCUT2D eigenvalue weighted by atomic mass is 16.3. The fraction of sp³-hybridized carbons (Fsp3) is 0.619. The molecule has 3 aliphatic rings. The van der Waals surface area contributed by atoms with Crippen molar-refractivity contribution in [2.45, 2.75) is 57.0 Å². The second kappa shape index (κ2) is 8.49. The summed E-state index contributed by atoms with van der Waals surface area (Å²) in [5, 5.41) is 5.73. The minimum atomic E-state index is -0.708. The Morgan fingerprint density at radius 3 is 2.77 bits per heavy atom. The van der Waals surface area contributed by atoms with Crippen molar-refractivity contribution in [2.75, 3.05) is 19.6 Å². The van der Waals surface area contributed by atoms with Crippen molar-refractivity contribution < 1.29 is 23.6 Å². The highest BCUT2D eigenvalue weighted by Gasteiger charge is 2.50. The van der Waals surface area contributed by atoms with Crippen LogP contribution in [0.3, 0.4) is 0 Å². The summed E-state index contributed by atoms with van der Waals surface area (Å²) in [7, 11) is 0. The number of urea groups is 1. The van der Waals surface area contributed by atoms with Crippen LogP contribution in [0.2, 0.25) is 0 Å². The van der Waals surface area contributed by atoms with Crippen LogP contribution in [0.1, 0.15) is 50.7 Å². The van der Waals surface area contributed by atoms with Gasteiger partial charge in [0.25, 0.3) is 5.91 Å². The summed E-state index contributed by atoms with van der Waals surface area (Å²) in [6, 6.07) is 3.23. The molecule has 2 saturated heterocycles. The van der Waals surface area contributed by atoms with Crippen molar-refractivity contribution in [2.24, 2.45) is 5.92 Å². The summed E-state index contributed by atoms with van der Waals surface area (Å²) < 4.78 is 5.27. The molecule has 2 N–H and O–H groups in total. The molecule has 5 amide bonds. The van der Waals surface area contributed by atoms with Gasteiger partial charge < -0.3 is 20.0 Å². The lowest BCUT2D eigenvalue weighted by molar-refractivity contribution is -0.132. The van der Waals surface area contributed by atoms with E-state index < -0.39 is 11.5 Å². The van der Waals surface area contributed by atoms with Gasteiger partial charge in [-0.25, -0.2) is 4.79 Å². The van der Waals surface area contributed by atoms with Gasteiger partial charge in [-0.15, -0.1) is 0 Å². The van der Waals surface area contributed by atoms with Crippen LogP contribution in [0.4, 0.5) is 4.79 Å². The summed E-state index contributed by atoms with van der Waals surface area (Å²) in [4.78, 5) is 52.5. The molecule has 30 heavy (non-hydrogen) atoms. The number of nitrogens with one attached hydrogen (secondary N) is 2. The van der Waals surface area contributed by atoms with Gasteiger partial charge in [0.15, 0.2) is 0 Å². The highest BCUT2D eigenvalue weighted by Crippen LogP contribution is 2.33. The van der Waals surface area contributed by atoms with Crippen molar-refractivity contribution in [1.29, 1.82) is 0 Å². The van der Waals surface area contributed by atoms with Crippen molar-refractivity contribution in [3.05, 3.63) is 24.2 Å². The van der Waals surface area contributed by atoms with Gasteiger partial charge in [-0.2, -0.15) is 0 Å². The van der Waals surface area contributed by atoms with Crippen LogP contribution in [-0.2, 0) is 20.9 Å². The van der Waals surface area contributed by atoms with E-state index in [2.05, 4.69) is 10.6 Å². The Labute approximate surface area is 175 Å². The van der Waals surface area contributed by atoms with Gasteiger partial charge in [0.05, 0.1) is 18.7 Å². The first-order valence-electron chi connectivity index (χ1n) is 10.7. The third kappa shape index (κ3) is 4.06. The number of rotatable bonds is 7. The molecule has 3 heterocycles. The highest BCUT2D eigenvalue weighted by molar-refractivity contribution is 6.07. The standard InChI is InChI=1S/C21H28N4O5/c26-17-12-15(13-24(17)14-16-6-4-11-30-16)18(27)22-9-5-10-25-19(28)21(23-20(25)29)7-2-1-3-8-21/h4,6,11,15H,1-3,5,7-10,12-14H2,(H,22,27)(H,23,29). The number of likely N-dealkylation sites (tertiary alicyclic amines) is 1. The molecule has 0 bridgehead atoms. The first kappa shape index (κ1) is 20.4. The summed E-state index contributed by atoms with van der Waals surface area (Å²) in [5.74, 6) is -0.0771. The summed E-state index contributed by atoms with van der Waals surface area (Å²) >= 11 is 0. The van der Waals surface area contributed by atoms with Gasteiger partial charge in [0.1, 0.15) is 11.3 Å². The topological polar surface area (TPSA) is 112 Å². The molecule has 1 atom stereocenters.